The van der Waals surface area contributed by atoms with Gasteiger partial charge in [-0.05, 0) is 19.1 Å². The first-order chi connectivity index (χ1) is 7.15. The van der Waals surface area contributed by atoms with Crippen molar-refractivity contribution in [1.82, 2.24) is 0 Å². The van der Waals surface area contributed by atoms with Gasteiger partial charge >= 0.3 is 5.97 Å². The Kier molecular flexibility index (Phi) is 2.19. The van der Waals surface area contributed by atoms with Crippen LogP contribution in [0.4, 0.5) is 4.39 Å². The van der Waals surface area contributed by atoms with Crippen LogP contribution < -0.4 is 0 Å². The molecule has 15 heavy (non-hydrogen) atoms. The number of carbonyl (C=O) groups excluding carboxylic acids is 1. The van der Waals surface area contributed by atoms with Crippen molar-refractivity contribution in [2.75, 3.05) is 7.11 Å². The molecule has 2 aromatic rings. The smallest absolute Gasteiger partial charge is 0.374 e. The maximum Gasteiger partial charge on any atom is 0.374 e. The van der Waals surface area contributed by atoms with Gasteiger partial charge in [-0.25, -0.2) is 9.18 Å². The molecule has 1 heterocycles. The van der Waals surface area contributed by atoms with E-state index in [0.717, 1.165) is 0 Å². The van der Waals surface area contributed by atoms with Crippen LogP contribution in [-0.4, -0.2) is 13.1 Å². The summed E-state index contributed by atoms with van der Waals surface area (Å²) in [6, 6.07) is 4.46. The fraction of sp³-hybridized carbons (Fsp3) is 0.182. The zero-order valence-electron chi connectivity index (χ0n) is 8.33. The van der Waals surface area contributed by atoms with Crippen molar-refractivity contribution in [2.45, 2.75) is 6.92 Å². The Morgan fingerprint density at radius 2 is 2.20 bits per heavy atom. The number of ether oxygens (including phenoxy) is 1. The molecule has 0 spiro atoms. The van der Waals surface area contributed by atoms with Crippen molar-refractivity contribution in [3.8, 4) is 0 Å². The van der Waals surface area contributed by atoms with Crippen LogP contribution in [0.5, 0.6) is 0 Å². The summed E-state index contributed by atoms with van der Waals surface area (Å²) in [5.74, 6) is -0.940. The van der Waals surface area contributed by atoms with Crippen LogP contribution >= 0.6 is 0 Å². The number of benzene rings is 1. The average molecular weight is 208 g/mol. The highest BCUT2D eigenvalue weighted by Gasteiger charge is 2.19. The summed E-state index contributed by atoms with van der Waals surface area (Å²) >= 11 is 0. The Morgan fingerprint density at radius 1 is 1.47 bits per heavy atom. The molecule has 1 aromatic carbocycles. The lowest BCUT2D eigenvalue weighted by Crippen LogP contribution is -2.00. The Bertz CT molecular complexity index is 528. The Hall–Kier alpha value is -1.84. The molecule has 0 atom stereocenters. The zero-order valence-corrected chi connectivity index (χ0v) is 8.33. The normalized spacial score (nSPS) is 10.6. The number of hydrogen-bond acceptors (Lipinski definition) is 3. The van der Waals surface area contributed by atoms with Crippen LogP contribution in [0.1, 0.15) is 16.1 Å². The van der Waals surface area contributed by atoms with Gasteiger partial charge in [-0.2, -0.15) is 0 Å². The first-order valence-electron chi connectivity index (χ1n) is 4.41. The molecule has 0 radical (unpaired) electrons. The first-order valence-corrected chi connectivity index (χ1v) is 4.41. The summed E-state index contributed by atoms with van der Waals surface area (Å²) in [5, 5.41) is 0.331. The third-order valence-corrected chi connectivity index (χ3v) is 2.27. The van der Waals surface area contributed by atoms with Gasteiger partial charge in [-0.3, -0.25) is 0 Å². The predicted octanol–water partition coefficient (Wildman–Crippen LogP) is 2.67. The first kappa shape index (κ1) is 9.71. The molecule has 0 aliphatic rings. The Balaban J connectivity index is 2.75. The van der Waals surface area contributed by atoms with E-state index < -0.39 is 11.8 Å². The van der Waals surface area contributed by atoms with Crippen LogP contribution in [0.3, 0.4) is 0 Å². The van der Waals surface area contributed by atoms with Crippen molar-refractivity contribution < 1.29 is 18.3 Å². The van der Waals surface area contributed by atoms with Crippen LogP contribution in [-0.2, 0) is 4.74 Å². The maximum absolute atomic E-state index is 13.4. The van der Waals surface area contributed by atoms with Crippen molar-refractivity contribution in [2.24, 2.45) is 0 Å². The summed E-state index contributed by atoms with van der Waals surface area (Å²) in [6.07, 6.45) is 0. The number of methoxy groups -OCH3 is 1. The highest BCUT2D eigenvalue weighted by atomic mass is 19.1. The highest BCUT2D eigenvalue weighted by molar-refractivity contribution is 5.95. The fourth-order valence-electron chi connectivity index (χ4n) is 1.54. The molecular formula is C11H9FO3. The second kappa shape index (κ2) is 3.38. The highest BCUT2D eigenvalue weighted by Crippen LogP contribution is 2.27. The number of rotatable bonds is 1. The topological polar surface area (TPSA) is 39.4 Å². The Morgan fingerprint density at radius 3 is 2.80 bits per heavy atom. The maximum atomic E-state index is 13.4. The monoisotopic (exact) mass is 208 g/mol. The molecule has 0 unspecified atom stereocenters. The SMILES string of the molecule is COC(=O)c1oc2cccc(F)c2c1C. The molecule has 0 amide bonds. The van der Waals surface area contributed by atoms with Gasteiger partial charge in [-0.15, -0.1) is 0 Å². The lowest BCUT2D eigenvalue weighted by molar-refractivity contribution is 0.0566. The largest absolute Gasteiger partial charge is 0.463 e. The minimum atomic E-state index is -0.594. The van der Waals surface area contributed by atoms with E-state index in [4.69, 9.17) is 4.42 Å². The lowest BCUT2D eigenvalue weighted by Gasteiger charge is -1.94. The molecular weight excluding hydrogens is 199 g/mol. The molecule has 0 aliphatic carbocycles. The summed E-state index contributed by atoms with van der Waals surface area (Å²) in [7, 11) is 1.26. The van der Waals surface area contributed by atoms with E-state index in [1.54, 1.807) is 13.0 Å². The number of esters is 1. The van der Waals surface area contributed by atoms with E-state index in [2.05, 4.69) is 4.74 Å². The van der Waals surface area contributed by atoms with Gasteiger partial charge < -0.3 is 9.15 Å². The van der Waals surface area contributed by atoms with Crippen LogP contribution in [0.25, 0.3) is 11.0 Å². The summed E-state index contributed by atoms with van der Waals surface area (Å²) in [5.41, 5.74) is 0.822. The number of aryl methyl sites for hydroxylation is 1. The number of fused-ring (bicyclic) bond motifs is 1. The van der Waals surface area contributed by atoms with Crippen LogP contribution in [0, 0.1) is 12.7 Å². The molecule has 0 bridgehead atoms. The van der Waals surface area contributed by atoms with Gasteiger partial charge in [0.25, 0.3) is 0 Å². The summed E-state index contributed by atoms with van der Waals surface area (Å²) in [6.45, 7) is 1.63. The molecule has 1 aromatic heterocycles. The quantitative estimate of drug-likeness (QED) is 0.676. The van der Waals surface area contributed by atoms with Crippen molar-refractivity contribution in [3.63, 3.8) is 0 Å². The van der Waals surface area contributed by atoms with E-state index in [0.29, 0.717) is 16.5 Å². The van der Waals surface area contributed by atoms with E-state index in [9.17, 15) is 9.18 Å². The van der Waals surface area contributed by atoms with Crippen molar-refractivity contribution in [3.05, 3.63) is 35.3 Å². The molecule has 0 saturated carbocycles. The molecule has 0 saturated heterocycles. The van der Waals surface area contributed by atoms with E-state index >= 15 is 0 Å². The third kappa shape index (κ3) is 1.38. The van der Waals surface area contributed by atoms with E-state index in [1.807, 2.05) is 0 Å². The van der Waals surface area contributed by atoms with Gasteiger partial charge in [0.05, 0.1) is 12.5 Å². The van der Waals surface area contributed by atoms with Crippen molar-refractivity contribution in [1.29, 1.82) is 0 Å². The van der Waals surface area contributed by atoms with Gasteiger partial charge in [0.2, 0.25) is 5.76 Å². The van der Waals surface area contributed by atoms with Gasteiger partial charge in [0.1, 0.15) is 11.4 Å². The third-order valence-electron chi connectivity index (χ3n) is 2.27. The molecule has 0 N–H and O–H groups in total. The molecule has 2 rings (SSSR count). The molecule has 0 fully saturated rings. The minimum Gasteiger partial charge on any atom is -0.463 e. The van der Waals surface area contributed by atoms with Gasteiger partial charge in [0, 0.05) is 5.56 Å². The summed E-state index contributed by atoms with van der Waals surface area (Å²) < 4.78 is 23.2. The number of carbonyl (C=O) groups is 1. The van der Waals surface area contributed by atoms with E-state index in [1.165, 1.54) is 19.2 Å². The van der Waals surface area contributed by atoms with Crippen LogP contribution in [0.15, 0.2) is 22.6 Å². The molecule has 78 valence electrons. The zero-order chi connectivity index (χ0) is 11.0. The minimum absolute atomic E-state index is 0.0533. The number of furan rings is 1. The molecule has 0 aliphatic heterocycles. The number of hydrogen-bond donors (Lipinski definition) is 0. The summed E-state index contributed by atoms with van der Waals surface area (Å²) in [4.78, 5) is 11.3. The van der Waals surface area contributed by atoms with Crippen molar-refractivity contribution >= 4 is 16.9 Å². The predicted molar refractivity (Wildman–Crippen MR) is 52.2 cm³/mol. The molecule has 4 heteroatoms. The standard InChI is InChI=1S/C11H9FO3/c1-6-9-7(12)4-3-5-8(9)15-10(6)11(13)14-2/h3-5H,1-2H3. The second-order valence-corrected chi connectivity index (χ2v) is 3.16. The average Bonchev–Trinajstić information content (AvgIpc) is 2.56. The molecule has 3 nitrogen and oxygen atoms in total. The van der Waals surface area contributed by atoms with E-state index in [-0.39, 0.29) is 5.76 Å². The van der Waals surface area contributed by atoms with Crippen LogP contribution in [0.2, 0.25) is 0 Å². The fourth-order valence-corrected chi connectivity index (χ4v) is 1.54. The number of halogens is 1. The van der Waals surface area contributed by atoms with Gasteiger partial charge in [-0.1, -0.05) is 6.07 Å². The lowest BCUT2D eigenvalue weighted by atomic mass is 10.1. The van der Waals surface area contributed by atoms with Gasteiger partial charge in [0.15, 0.2) is 0 Å². The second-order valence-electron chi connectivity index (χ2n) is 3.16. The Labute approximate surface area is 85.4 Å².